The van der Waals surface area contributed by atoms with Crippen LogP contribution in [-0.2, 0) is 9.47 Å². The Morgan fingerprint density at radius 1 is 0.409 bits per heavy atom. The fourth-order valence-corrected chi connectivity index (χ4v) is 2.76. The summed E-state index contributed by atoms with van der Waals surface area (Å²) >= 11 is 0. The van der Waals surface area contributed by atoms with Crippen LogP contribution in [0.25, 0.3) is 0 Å². The molecular weight excluding hydrogens is 272 g/mol. The predicted octanol–water partition coefficient (Wildman–Crippen LogP) is 6.52. The SMILES string of the molecule is CCCCCCCCCCCCCCCCOCCOCC. The zero-order chi connectivity index (χ0) is 16.1. The second-order valence-electron chi connectivity index (χ2n) is 6.41. The van der Waals surface area contributed by atoms with Gasteiger partial charge in [0.05, 0.1) is 13.2 Å². The van der Waals surface area contributed by atoms with E-state index in [0.717, 1.165) is 26.4 Å². The van der Waals surface area contributed by atoms with Gasteiger partial charge in [-0.25, -0.2) is 0 Å². The normalized spacial score (nSPS) is 11.2. The molecule has 0 aromatic heterocycles. The van der Waals surface area contributed by atoms with Gasteiger partial charge in [0.2, 0.25) is 0 Å². The van der Waals surface area contributed by atoms with Gasteiger partial charge in [-0.3, -0.25) is 0 Å². The third kappa shape index (κ3) is 19.9. The Hall–Kier alpha value is -0.0800. The van der Waals surface area contributed by atoms with Crippen LogP contribution in [0.5, 0.6) is 0 Å². The molecule has 0 N–H and O–H groups in total. The van der Waals surface area contributed by atoms with Crippen molar-refractivity contribution in [3.05, 3.63) is 0 Å². The summed E-state index contributed by atoms with van der Waals surface area (Å²) in [5, 5.41) is 0. The minimum Gasteiger partial charge on any atom is -0.379 e. The Morgan fingerprint density at radius 2 is 0.818 bits per heavy atom. The highest BCUT2D eigenvalue weighted by atomic mass is 16.5. The molecule has 0 aliphatic rings. The molecule has 134 valence electrons. The molecule has 0 amide bonds. The van der Waals surface area contributed by atoms with E-state index in [-0.39, 0.29) is 0 Å². The van der Waals surface area contributed by atoms with E-state index in [1.807, 2.05) is 6.92 Å². The Labute approximate surface area is 140 Å². The largest absolute Gasteiger partial charge is 0.379 e. The molecule has 0 aromatic carbocycles. The summed E-state index contributed by atoms with van der Waals surface area (Å²) in [7, 11) is 0. The highest BCUT2D eigenvalue weighted by Gasteiger charge is 1.94. The average Bonchev–Trinajstić information content (AvgIpc) is 2.54. The third-order valence-electron chi connectivity index (χ3n) is 4.22. The lowest BCUT2D eigenvalue weighted by molar-refractivity contribution is 0.0512. The fraction of sp³-hybridized carbons (Fsp3) is 1.00. The van der Waals surface area contributed by atoms with E-state index in [2.05, 4.69) is 6.92 Å². The van der Waals surface area contributed by atoms with E-state index in [1.165, 1.54) is 89.9 Å². The van der Waals surface area contributed by atoms with Crippen molar-refractivity contribution in [3.63, 3.8) is 0 Å². The van der Waals surface area contributed by atoms with Crippen molar-refractivity contribution >= 4 is 0 Å². The third-order valence-corrected chi connectivity index (χ3v) is 4.22. The van der Waals surface area contributed by atoms with Gasteiger partial charge in [0.25, 0.3) is 0 Å². The van der Waals surface area contributed by atoms with Crippen molar-refractivity contribution in [3.8, 4) is 0 Å². The van der Waals surface area contributed by atoms with Crippen LogP contribution < -0.4 is 0 Å². The van der Waals surface area contributed by atoms with Crippen LogP contribution in [0.2, 0.25) is 0 Å². The van der Waals surface area contributed by atoms with Crippen LogP contribution >= 0.6 is 0 Å². The molecule has 0 unspecified atom stereocenters. The smallest absolute Gasteiger partial charge is 0.0700 e. The summed E-state index contributed by atoms with van der Waals surface area (Å²) in [6.07, 6.45) is 19.7. The first-order chi connectivity index (χ1) is 10.9. The second kappa shape index (κ2) is 20.9. The van der Waals surface area contributed by atoms with E-state index >= 15 is 0 Å². The minimum absolute atomic E-state index is 0.745. The van der Waals surface area contributed by atoms with Gasteiger partial charge in [-0.2, -0.15) is 0 Å². The summed E-state index contributed by atoms with van der Waals surface area (Å²) in [4.78, 5) is 0. The molecule has 0 atom stereocenters. The van der Waals surface area contributed by atoms with Crippen LogP contribution in [0.15, 0.2) is 0 Å². The summed E-state index contributed by atoms with van der Waals surface area (Å²) in [5.41, 5.74) is 0. The molecule has 0 fully saturated rings. The van der Waals surface area contributed by atoms with E-state index in [9.17, 15) is 0 Å². The van der Waals surface area contributed by atoms with Gasteiger partial charge >= 0.3 is 0 Å². The first kappa shape index (κ1) is 21.9. The minimum atomic E-state index is 0.745. The molecule has 0 saturated heterocycles. The highest BCUT2D eigenvalue weighted by molar-refractivity contribution is 4.49. The molecule has 0 aromatic rings. The Bertz CT molecular complexity index is 163. The van der Waals surface area contributed by atoms with E-state index in [0.29, 0.717) is 0 Å². The first-order valence-corrected chi connectivity index (χ1v) is 10.1. The summed E-state index contributed by atoms with van der Waals surface area (Å²) in [6, 6.07) is 0. The molecule has 0 rings (SSSR count). The van der Waals surface area contributed by atoms with Crippen LogP contribution in [0.1, 0.15) is 104 Å². The van der Waals surface area contributed by atoms with Crippen LogP contribution in [0.4, 0.5) is 0 Å². The van der Waals surface area contributed by atoms with Crippen molar-refractivity contribution in [2.45, 2.75) is 104 Å². The molecule has 22 heavy (non-hydrogen) atoms. The molecule has 2 heteroatoms. The van der Waals surface area contributed by atoms with Crippen LogP contribution in [0.3, 0.4) is 0 Å². The molecule has 0 bridgehead atoms. The van der Waals surface area contributed by atoms with Crippen molar-refractivity contribution < 1.29 is 9.47 Å². The van der Waals surface area contributed by atoms with Gasteiger partial charge in [-0.05, 0) is 13.3 Å². The molecule has 0 radical (unpaired) electrons. The maximum absolute atomic E-state index is 5.52. The predicted molar refractivity (Wildman–Crippen MR) is 97.6 cm³/mol. The lowest BCUT2D eigenvalue weighted by Gasteiger charge is -2.05. The zero-order valence-corrected chi connectivity index (χ0v) is 15.5. The topological polar surface area (TPSA) is 18.5 Å². The van der Waals surface area contributed by atoms with Crippen molar-refractivity contribution in [2.24, 2.45) is 0 Å². The zero-order valence-electron chi connectivity index (χ0n) is 15.5. The number of rotatable bonds is 19. The monoisotopic (exact) mass is 314 g/mol. The van der Waals surface area contributed by atoms with Crippen molar-refractivity contribution in [2.75, 3.05) is 26.4 Å². The van der Waals surface area contributed by atoms with E-state index < -0.39 is 0 Å². The number of ether oxygens (including phenoxy) is 2. The van der Waals surface area contributed by atoms with Gasteiger partial charge in [0.1, 0.15) is 0 Å². The van der Waals surface area contributed by atoms with E-state index in [1.54, 1.807) is 0 Å². The maximum Gasteiger partial charge on any atom is 0.0700 e. The molecule has 0 heterocycles. The number of unbranched alkanes of at least 4 members (excludes halogenated alkanes) is 13. The Kier molecular flexibility index (Phi) is 20.8. The average molecular weight is 315 g/mol. The quantitative estimate of drug-likeness (QED) is 0.253. The Balaban J connectivity index is 2.91. The van der Waals surface area contributed by atoms with Gasteiger partial charge in [0.15, 0.2) is 0 Å². The van der Waals surface area contributed by atoms with Crippen molar-refractivity contribution in [1.82, 2.24) is 0 Å². The summed E-state index contributed by atoms with van der Waals surface area (Å²) in [6.45, 7) is 7.51. The lowest BCUT2D eigenvalue weighted by atomic mass is 10.0. The van der Waals surface area contributed by atoms with E-state index in [4.69, 9.17) is 9.47 Å². The molecule has 0 aliphatic carbocycles. The van der Waals surface area contributed by atoms with Gasteiger partial charge in [-0.15, -0.1) is 0 Å². The van der Waals surface area contributed by atoms with Gasteiger partial charge in [0, 0.05) is 13.2 Å². The van der Waals surface area contributed by atoms with Crippen LogP contribution in [-0.4, -0.2) is 26.4 Å². The summed E-state index contributed by atoms with van der Waals surface area (Å²) in [5.74, 6) is 0. The molecule has 0 aliphatic heterocycles. The Morgan fingerprint density at radius 3 is 1.27 bits per heavy atom. The first-order valence-electron chi connectivity index (χ1n) is 10.1. The summed E-state index contributed by atoms with van der Waals surface area (Å²) < 4.78 is 10.8. The van der Waals surface area contributed by atoms with Gasteiger partial charge < -0.3 is 9.47 Å². The molecule has 0 saturated carbocycles. The number of hydrogen-bond donors (Lipinski definition) is 0. The van der Waals surface area contributed by atoms with Crippen molar-refractivity contribution in [1.29, 1.82) is 0 Å². The molecule has 0 spiro atoms. The maximum atomic E-state index is 5.52. The molecule has 2 nitrogen and oxygen atoms in total. The lowest BCUT2D eigenvalue weighted by Crippen LogP contribution is -2.04. The highest BCUT2D eigenvalue weighted by Crippen LogP contribution is 2.12. The number of hydrogen-bond acceptors (Lipinski definition) is 2. The van der Waals surface area contributed by atoms with Crippen LogP contribution in [0, 0.1) is 0 Å². The van der Waals surface area contributed by atoms with Gasteiger partial charge in [-0.1, -0.05) is 90.4 Å². The molecular formula is C20H42O2. The second-order valence-corrected chi connectivity index (χ2v) is 6.41. The standard InChI is InChI=1S/C20H42O2/c1-3-5-6-7-8-9-10-11-12-13-14-15-16-17-18-22-20-19-21-4-2/h3-20H2,1-2H3. The fourth-order valence-electron chi connectivity index (χ4n) is 2.76.